The molecule has 18 heavy (non-hydrogen) atoms. The van der Waals surface area contributed by atoms with Gasteiger partial charge in [0.05, 0.1) is 17.6 Å². The lowest BCUT2D eigenvalue weighted by atomic mass is 10.1. The zero-order chi connectivity index (χ0) is 13.4. The Morgan fingerprint density at radius 1 is 1.33 bits per heavy atom. The fraction of sp³-hybridized carbons (Fsp3) is 0.643. The Hall–Kier alpha value is -1.13. The lowest BCUT2D eigenvalue weighted by Gasteiger charge is -2.19. The number of unbranched alkanes of at least 4 members (excludes halogenated alkanes) is 2. The fourth-order valence-electron chi connectivity index (χ4n) is 1.82. The number of nitrogens with two attached hydrogens (primary N) is 1. The number of hydrogen-bond acceptors (Lipinski definition) is 4. The molecule has 0 aliphatic heterocycles. The summed E-state index contributed by atoms with van der Waals surface area (Å²) in [6.45, 7) is 3.34. The van der Waals surface area contributed by atoms with E-state index in [9.17, 15) is 0 Å². The minimum absolute atomic E-state index is 0.0360. The van der Waals surface area contributed by atoms with Crippen molar-refractivity contribution >= 4 is 5.69 Å². The van der Waals surface area contributed by atoms with E-state index >= 15 is 0 Å². The van der Waals surface area contributed by atoms with E-state index in [1.165, 1.54) is 0 Å². The van der Waals surface area contributed by atoms with E-state index in [0.717, 1.165) is 43.6 Å². The number of hydrogen-bond donors (Lipinski definition) is 2. The van der Waals surface area contributed by atoms with Crippen LogP contribution in [0.5, 0.6) is 0 Å². The molecule has 0 radical (unpaired) electrons. The van der Waals surface area contributed by atoms with Gasteiger partial charge in [0.2, 0.25) is 0 Å². The predicted molar refractivity (Wildman–Crippen MR) is 75.7 cm³/mol. The van der Waals surface area contributed by atoms with Gasteiger partial charge >= 0.3 is 0 Å². The van der Waals surface area contributed by atoms with Gasteiger partial charge in [0.25, 0.3) is 0 Å². The number of nitrogens with zero attached hydrogens (tertiary/aromatic N) is 2. The van der Waals surface area contributed by atoms with Crippen LogP contribution in [0.4, 0.5) is 5.69 Å². The molecule has 3 N–H and O–H groups in total. The summed E-state index contributed by atoms with van der Waals surface area (Å²) in [5.74, 6) is 0. The normalized spacial score (nSPS) is 12.4. The molecule has 0 aliphatic carbocycles. The number of anilines is 1. The standard InChI is InChI=1S/C14H25N3O/c1-3-13(15)14-8-7-12(11-16-14)17(2)9-5-4-6-10-18/h7-8,11,13,18H,3-6,9-10,15H2,1-2H3. The Kier molecular flexibility index (Phi) is 6.68. The zero-order valence-corrected chi connectivity index (χ0v) is 11.5. The molecule has 0 amide bonds. The molecule has 0 bridgehead atoms. The van der Waals surface area contributed by atoms with Gasteiger partial charge in [-0.25, -0.2) is 0 Å². The second-order valence-corrected chi connectivity index (χ2v) is 4.66. The first-order valence-corrected chi connectivity index (χ1v) is 6.72. The van der Waals surface area contributed by atoms with Crippen molar-refractivity contribution in [1.29, 1.82) is 0 Å². The van der Waals surface area contributed by atoms with E-state index in [4.69, 9.17) is 10.8 Å². The van der Waals surface area contributed by atoms with Crippen LogP contribution in [-0.2, 0) is 0 Å². The minimum atomic E-state index is 0.0360. The van der Waals surface area contributed by atoms with Gasteiger partial charge in [0.1, 0.15) is 0 Å². The second-order valence-electron chi connectivity index (χ2n) is 4.66. The Balaban J connectivity index is 2.46. The third-order valence-corrected chi connectivity index (χ3v) is 3.18. The molecule has 0 spiro atoms. The van der Waals surface area contributed by atoms with Crippen molar-refractivity contribution in [1.82, 2.24) is 4.98 Å². The molecule has 1 aromatic heterocycles. The molecular weight excluding hydrogens is 226 g/mol. The average Bonchev–Trinajstić information content (AvgIpc) is 2.42. The topological polar surface area (TPSA) is 62.4 Å². The van der Waals surface area contributed by atoms with Crippen LogP contribution in [0.2, 0.25) is 0 Å². The van der Waals surface area contributed by atoms with Crippen molar-refractivity contribution in [2.24, 2.45) is 5.73 Å². The first kappa shape index (κ1) is 14.9. The van der Waals surface area contributed by atoms with Gasteiger partial charge < -0.3 is 15.7 Å². The van der Waals surface area contributed by atoms with Gasteiger partial charge in [0.15, 0.2) is 0 Å². The molecule has 1 heterocycles. The summed E-state index contributed by atoms with van der Waals surface area (Å²) in [4.78, 5) is 6.59. The van der Waals surface area contributed by atoms with Crippen LogP contribution in [0.3, 0.4) is 0 Å². The van der Waals surface area contributed by atoms with Crippen molar-refractivity contribution in [3.63, 3.8) is 0 Å². The number of aliphatic hydroxyl groups is 1. The first-order chi connectivity index (χ1) is 8.69. The van der Waals surface area contributed by atoms with Gasteiger partial charge in [-0.3, -0.25) is 4.98 Å². The molecule has 4 heteroatoms. The summed E-state index contributed by atoms with van der Waals surface area (Å²) in [7, 11) is 2.06. The van der Waals surface area contributed by atoms with E-state index in [0.29, 0.717) is 0 Å². The Labute approximate surface area is 110 Å². The number of rotatable bonds is 8. The van der Waals surface area contributed by atoms with E-state index in [1.54, 1.807) is 0 Å². The van der Waals surface area contributed by atoms with Gasteiger partial charge in [-0.05, 0) is 37.8 Å². The zero-order valence-electron chi connectivity index (χ0n) is 11.5. The van der Waals surface area contributed by atoms with Crippen LogP contribution < -0.4 is 10.6 Å². The number of aliphatic hydroxyl groups excluding tert-OH is 1. The SMILES string of the molecule is CCC(N)c1ccc(N(C)CCCCCO)cn1. The van der Waals surface area contributed by atoms with Crippen LogP contribution in [0.1, 0.15) is 44.3 Å². The van der Waals surface area contributed by atoms with Crippen molar-refractivity contribution < 1.29 is 5.11 Å². The maximum atomic E-state index is 8.72. The van der Waals surface area contributed by atoms with Crippen molar-refractivity contribution in [3.05, 3.63) is 24.0 Å². The maximum Gasteiger partial charge on any atom is 0.0572 e. The van der Waals surface area contributed by atoms with Crippen LogP contribution in [0, 0.1) is 0 Å². The van der Waals surface area contributed by atoms with Crippen molar-refractivity contribution in [3.8, 4) is 0 Å². The highest BCUT2D eigenvalue weighted by Gasteiger charge is 2.06. The average molecular weight is 251 g/mol. The lowest BCUT2D eigenvalue weighted by Crippen LogP contribution is -2.19. The molecule has 0 fully saturated rings. The van der Waals surface area contributed by atoms with E-state index in [-0.39, 0.29) is 12.6 Å². The smallest absolute Gasteiger partial charge is 0.0572 e. The summed E-state index contributed by atoms with van der Waals surface area (Å²) < 4.78 is 0. The highest BCUT2D eigenvalue weighted by Crippen LogP contribution is 2.16. The molecule has 4 nitrogen and oxygen atoms in total. The summed E-state index contributed by atoms with van der Waals surface area (Å²) >= 11 is 0. The summed E-state index contributed by atoms with van der Waals surface area (Å²) in [6, 6.07) is 4.12. The summed E-state index contributed by atoms with van der Waals surface area (Å²) in [5, 5.41) is 8.72. The molecule has 102 valence electrons. The Morgan fingerprint density at radius 3 is 2.67 bits per heavy atom. The van der Waals surface area contributed by atoms with E-state index < -0.39 is 0 Å². The summed E-state index contributed by atoms with van der Waals surface area (Å²) in [5.41, 5.74) is 8.00. The molecule has 0 saturated carbocycles. The van der Waals surface area contributed by atoms with Gasteiger partial charge in [-0.15, -0.1) is 0 Å². The number of pyridine rings is 1. The highest BCUT2D eigenvalue weighted by molar-refractivity contribution is 5.43. The van der Waals surface area contributed by atoms with Crippen molar-refractivity contribution in [2.45, 2.75) is 38.6 Å². The first-order valence-electron chi connectivity index (χ1n) is 6.72. The van der Waals surface area contributed by atoms with E-state index in [2.05, 4.69) is 29.9 Å². The van der Waals surface area contributed by atoms with E-state index in [1.807, 2.05) is 12.3 Å². The minimum Gasteiger partial charge on any atom is -0.396 e. The molecule has 0 saturated heterocycles. The third-order valence-electron chi connectivity index (χ3n) is 3.18. The quantitative estimate of drug-likeness (QED) is 0.694. The van der Waals surface area contributed by atoms with Crippen molar-refractivity contribution in [2.75, 3.05) is 25.1 Å². The number of aromatic nitrogens is 1. The van der Waals surface area contributed by atoms with Gasteiger partial charge in [0, 0.05) is 26.2 Å². The molecule has 0 aliphatic rings. The van der Waals surface area contributed by atoms with Crippen LogP contribution in [0.15, 0.2) is 18.3 Å². The summed E-state index contributed by atoms with van der Waals surface area (Å²) in [6.07, 6.45) is 5.83. The Bertz CT molecular complexity index is 326. The predicted octanol–water partition coefficient (Wildman–Crippen LogP) is 2.09. The van der Waals surface area contributed by atoms with Gasteiger partial charge in [-0.2, -0.15) is 0 Å². The largest absolute Gasteiger partial charge is 0.396 e. The third kappa shape index (κ3) is 4.63. The molecule has 1 aromatic rings. The molecule has 1 unspecified atom stereocenters. The maximum absolute atomic E-state index is 8.72. The Morgan fingerprint density at radius 2 is 2.11 bits per heavy atom. The second kappa shape index (κ2) is 8.06. The molecular formula is C14H25N3O. The fourth-order valence-corrected chi connectivity index (χ4v) is 1.82. The lowest BCUT2D eigenvalue weighted by molar-refractivity contribution is 0.283. The van der Waals surface area contributed by atoms with Crippen LogP contribution in [-0.4, -0.2) is 30.3 Å². The molecule has 0 aromatic carbocycles. The van der Waals surface area contributed by atoms with Crippen LogP contribution >= 0.6 is 0 Å². The van der Waals surface area contributed by atoms with Crippen LogP contribution in [0.25, 0.3) is 0 Å². The highest BCUT2D eigenvalue weighted by atomic mass is 16.2. The molecule has 1 atom stereocenters. The van der Waals surface area contributed by atoms with Gasteiger partial charge in [-0.1, -0.05) is 6.92 Å². The molecule has 1 rings (SSSR count). The monoisotopic (exact) mass is 251 g/mol.